The van der Waals surface area contributed by atoms with Gasteiger partial charge in [-0.15, -0.1) is 0 Å². The smallest absolute Gasteiger partial charge is 0.341 e. The third-order valence-corrected chi connectivity index (χ3v) is 8.92. The summed E-state index contributed by atoms with van der Waals surface area (Å²) in [5.41, 5.74) is 0.514. The molecule has 35 heavy (non-hydrogen) atoms. The van der Waals surface area contributed by atoms with Gasteiger partial charge in [-0.2, -0.15) is 8.42 Å². The summed E-state index contributed by atoms with van der Waals surface area (Å²) in [5, 5.41) is 0. The number of piperidine rings is 1. The monoisotopic (exact) mass is 507 g/mol. The van der Waals surface area contributed by atoms with Crippen molar-refractivity contribution in [2.45, 2.75) is 121 Å². The molecule has 2 aliphatic heterocycles. The van der Waals surface area contributed by atoms with Crippen LogP contribution in [0.5, 0.6) is 0 Å². The van der Waals surface area contributed by atoms with Gasteiger partial charge >= 0.3 is 5.97 Å². The maximum absolute atomic E-state index is 13.1. The lowest BCUT2D eigenvalue weighted by Gasteiger charge is -2.36. The highest BCUT2D eigenvalue weighted by Crippen LogP contribution is 2.36. The SMILES string of the molecule is CCCCCCCCCCCCS(=O)(=O)OC(C(=O)OC1C[C@H]2CC[C@@H](C1)N2C)c1ccccc1. The van der Waals surface area contributed by atoms with Gasteiger partial charge in [0.25, 0.3) is 10.1 Å². The van der Waals surface area contributed by atoms with Gasteiger partial charge in [-0.25, -0.2) is 8.98 Å². The van der Waals surface area contributed by atoms with Crippen LogP contribution in [-0.2, 0) is 23.8 Å². The molecule has 0 N–H and O–H groups in total. The predicted molar refractivity (Wildman–Crippen MR) is 140 cm³/mol. The van der Waals surface area contributed by atoms with Crippen molar-refractivity contribution in [1.29, 1.82) is 0 Å². The van der Waals surface area contributed by atoms with Crippen molar-refractivity contribution in [2.75, 3.05) is 12.8 Å². The molecule has 3 rings (SSSR count). The molecular weight excluding hydrogens is 462 g/mol. The summed E-state index contributed by atoms with van der Waals surface area (Å²) in [7, 11) is -1.71. The number of nitrogens with zero attached hydrogens (tertiary/aromatic N) is 1. The Morgan fingerprint density at radius 1 is 0.914 bits per heavy atom. The Labute approximate surface area is 212 Å². The Bertz CT molecular complexity index is 845. The first-order valence-corrected chi connectivity index (χ1v) is 15.4. The number of ether oxygens (including phenoxy) is 1. The molecule has 1 aromatic rings. The van der Waals surface area contributed by atoms with Crippen molar-refractivity contribution >= 4 is 16.1 Å². The second-order valence-electron chi connectivity index (χ2n) is 10.4. The summed E-state index contributed by atoms with van der Waals surface area (Å²) in [6.07, 6.45) is 13.7. The van der Waals surface area contributed by atoms with Crippen LogP contribution in [0.25, 0.3) is 0 Å². The molecule has 0 spiro atoms. The highest BCUT2D eigenvalue weighted by atomic mass is 32.2. The minimum Gasteiger partial charge on any atom is -0.460 e. The van der Waals surface area contributed by atoms with Gasteiger partial charge < -0.3 is 9.64 Å². The van der Waals surface area contributed by atoms with Crippen LogP contribution in [0, 0.1) is 0 Å². The number of esters is 1. The fourth-order valence-electron chi connectivity index (χ4n) is 5.50. The molecule has 0 aromatic heterocycles. The zero-order valence-electron chi connectivity index (χ0n) is 21.7. The minimum atomic E-state index is -3.85. The lowest BCUT2D eigenvalue weighted by atomic mass is 10.0. The molecule has 6 nitrogen and oxygen atoms in total. The van der Waals surface area contributed by atoms with E-state index in [1.54, 1.807) is 24.3 Å². The molecule has 0 aliphatic carbocycles. The molecule has 0 saturated carbocycles. The molecular formula is C28H45NO5S. The molecule has 198 valence electrons. The van der Waals surface area contributed by atoms with Gasteiger partial charge in [0.2, 0.25) is 0 Å². The molecule has 2 unspecified atom stereocenters. The number of hydrogen-bond acceptors (Lipinski definition) is 6. The highest BCUT2D eigenvalue weighted by Gasteiger charge is 2.41. The Balaban J connectivity index is 1.46. The number of carbonyl (C=O) groups excluding carboxylic acids is 1. The number of carbonyl (C=O) groups is 1. The molecule has 0 radical (unpaired) electrons. The Hall–Kier alpha value is -1.44. The van der Waals surface area contributed by atoms with Crippen LogP contribution >= 0.6 is 0 Å². The van der Waals surface area contributed by atoms with Crippen LogP contribution in [0.15, 0.2) is 30.3 Å². The number of rotatable bonds is 16. The average Bonchev–Trinajstić information content (AvgIpc) is 3.04. The summed E-state index contributed by atoms with van der Waals surface area (Å²) in [5.74, 6) is -0.671. The third kappa shape index (κ3) is 9.18. The largest absolute Gasteiger partial charge is 0.460 e. The van der Waals surface area contributed by atoms with Crippen molar-refractivity contribution in [3.63, 3.8) is 0 Å². The van der Waals surface area contributed by atoms with Gasteiger partial charge in [0.05, 0.1) is 5.75 Å². The summed E-state index contributed by atoms with van der Waals surface area (Å²) < 4.78 is 36.9. The van der Waals surface area contributed by atoms with E-state index in [0.29, 0.717) is 24.1 Å². The lowest BCUT2D eigenvalue weighted by molar-refractivity contribution is -0.161. The van der Waals surface area contributed by atoms with Crippen LogP contribution in [0.3, 0.4) is 0 Å². The van der Waals surface area contributed by atoms with Crippen LogP contribution in [0.4, 0.5) is 0 Å². The Morgan fingerprint density at radius 2 is 1.46 bits per heavy atom. The van der Waals surface area contributed by atoms with Crippen molar-refractivity contribution in [3.8, 4) is 0 Å². The fraction of sp³-hybridized carbons (Fsp3) is 0.750. The fourth-order valence-corrected chi connectivity index (χ4v) is 6.64. The molecule has 2 saturated heterocycles. The lowest BCUT2D eigenvalue weighted by Crippen LogP contribution is -2.44. The normalized spacial score (nSPS) is 23.3. The maximum atomic E-state index is 13.1. The first-order chi connectivity index (χ1) is 16.9. The predicted octanol–water partition coefficient (Wildman–Crippen LogP) is 6.16. The van der Waals surface area contributed by atoms with E-state index in [1.165, 1.54) is 38.5 Å². The van der Waals surface area contributed by atoms with Gasteiger partial charge in [0.15, 0.2) is 6.10 Å². The maximum Gasteiger partial charge on any atom is 0.341 e. The van der Waals surface area contributed by atoms with E-state index in [0.717, 1.165) is 44.9 Å². The number of unbranched alkanes of at least 4 members (excludes halogenated alkanes) is 9. The van der Waals surface area contributed by atoms with E-state index in [-0.39, 0.29) is 11.9 Å². The van der Waals surface area contributed by atoms with Gasteiger partial charge in [-0.05, 0) is 44.7 Å². The summed E-state index contributed by atoms with van der Waals surface area (Å²) in [4.78, 5) is 15.5. The minimum absolute atomic E-state index is 0.0709. The van der Waals surface area contributed by atoms with Gasteiger partial charge in [-0.3, -0.25) is 0 Å². The van der Waals surface area contributed by atoms with E-state index in [9.17, 15) is 13.2 Å². The molecule has 0 amide bonds. The standard InChI is InChI=1S/C28H45NO5S/c1-3-4-5-6-7-8-9-10-11-15-20-35(31,32)34-27(23-16-13-12-14-17-23)28(30)33-26-21-24-18-19-25(22-26)29(24)2/h12-14,16-17,24-27H,3-11,15,18-22H2,1-2H3/t24-,25+,26?,27?. The van der Waals surface area contributed by atoms with E-state index in [4.69, 9.17) is 8.92 Å². The zero-order valence-corrected chi connectivity index (χ0v) is 22.5. The van der Waals surface area contributed by atoms with Gasteiger partial charge in [0, 0.05) is 12.1 Å². The average molecular weight is 508 g/mol. The van der Waals surface area contributed by atoms with Crippen LogP contribution in [-0.4, -0.2) is 50.3 Å². The summed E-state index contributed by atoms with van der Waals surface area (Å²) in [6.45, 7) is 2.22. The third-order valence-electron chi connectivity index (χ3n) is 7.64. The zero-order chi connectivity index (χ0) is 25.1. The molecule has 7 heteroatoms. The first-order valence-electron chi connectivity index (χ1n) is 13.8. The topological polar surface area (TPSA) is 72.9 Å². The summed E-state index contributed by atoms with van der Waals surface area (Å²) in [6, 6.07) is 9.71. The number of benzene rings is 1. The summed E-state index contributed by atoms with van der Waals surface area (Å²) >= 11 is 0. The molecule has 2 bridgehead atoms. The molecule has 2 heterocycles. The quantitative estimate of drug-likeness (QED) is 0.151. The van der Waals surface area contributed by atoms with E-state index in [2.05, 4.69) is 18.9 Å². The van der Waals surface area contributed by atoms with E-state index in [1.807, 2.05) is 6.07 Å². The van der Waals surface area contributed by atoms with Crippen molar-refractivity contribution in [2.24, 2.45) is 0 Å². The number of fused-ring (bicyclic) bond motifs is 2. The van der Waals surface area contributed by atoms with E-state index < -0.39 is 22.2 Å². The highest BCUT2D eigenvalue weighted by molar-refractivity contribution is 7.86. The van der Waals surface area contributed by atoms with Gasteiger partial charge in [0.1, 0.15) is 6.10 Å². The number of hydrogen-bond donors (Lipinski definition) is 0. The first kappa shape index (κ1) is 28.1. The van der Waals surface area contributed by atoms with E-state index >= 15 is 0 Å². The molecule has 2 fully saturated rings. The second kappa shape index (κ2) is 14.3. The van der Waals surface area contributed by atoms with Crippen molar-refractivity contribution < 1.29 is 22.1 Å². The molecule has 4 atom stereocenters. The second-order valence-corrected chi connectivity index (χ2v) is 12.1. The van der Waals surface area contributed by atoms with Crippen LogP contribution in [0.1, 0.15) is 108 Å². The van der Waals surface area contributed by atoms with Crippen molar-refractivity contribution in [3.05, 3.63) is 35.9 Å². The van der Waals surface area contributed by atoms with Gasteiger partial charge in [-0.1, -0.05) is 95.0 Å². The Kier molecular flexibility index (Phi) is 11.5. The molecule has 1 aromatic carbocycles. The molecule has 2 aliphatic rings. The Morgan fingerprint density at radius 3 is 2.03 bits per heavy atom. The van der Waals surface area contributed by atoms with Crippen molar-refractivity contribution in [1.82, 2.24) is 4.90 Å². The van der Waals surface area contributed by atoms with Crippen LogP contribution < -0.4 is 0 Å². The van der Waals surface area contributed by atoms with Crippen LogP contribution in [0.2, 0.25) is 0 Å².